The van der Waals surface area contributed by atoms with Crippen LogP contribution in [-0.4, -0.2) is 25.1 Å². The van der Waals surface area contributed by atoms with Gasteiger partial charge in [0, 0.05) is 17.1 Å². The maximum absolute atomic E-state index is 13.1. The molecule has 0 aliphatic rings. The van der Waals surface area contributed by atoms with Crippen LogP contribution >= 0.6 is 11.3 Å². The average molecular weight is 479 g/mol. The summed E-state index contributed by atoms with van der Waals surface area (Å²) in [6.45, 7) is 4.11. The molecule has 4 heterocycles. The molecule has 0 amide bonds. The number of ether oxygens (including phenoxy) is 1. The zero-order chi connectivity index (χ0) is 23.9. The van der Waals surface area contributed by atoms with Crippen molar-refractivity contribution in [1.82, 2.24) is 19.2 Å². The van der Waals surface area contributed by atoms with Crippen LogP contribution in [0.2, 0.25) is 0 Å². The highest BCUT2D eigenvalue weighted by Gasteiger charge is 2.20. The number of hydrogen-bond acceptors (Lipinski definition) is 5. The van der Waals surface area contributed by atoms with E-state index < -0.39 is 0 Å². The van der Waals surface area contributed by atoms with Gasteiger partial charge in [0.1, 0.15) is 22.0 Å². The molecule has 35 heavy (non-hydrogen) atoms. The van der Waals surface area contributed by atoms with Crippen LogP contribution < -0.4 is 0 Å². The monoisotopic (exact) mass is 478 g/mol. The van der Waals surface area contributed by atoms with Gasteiger partial charge < -0.3 is 4.74 Å². The molecule has 0 spiro atoms. The number of aryl methyl sites for hydroxylation is 2. The molecule has 0 unspecified atom stereocenters. The number of carbonyl (C=O) groups is 1. The number of esters is 1. The molecule has 0 N–H and O–H groups in total. The lowest BCUT2D eigenvalue weighted by Crippen LogP contribution is -2.06. The van der Waals surface area contributed by atoms with Crippen LogP contribution in [0.15, 0.2) is 85.1 Å². The molecule has 6 nitrogen and oxygen atoms in total. The van der Waals surface area contributed by atoms with E-state index in [2.05, 4.69) is 5.10 Å². The van der Waals surface area contributed by atoms with Gasteiger partial charge in [-0.1, -0.05) is 54.6 Å². The zero-order valence-electron chi connectivity index (χ0n) is 19.3. The van der Waals surface area contributed by atoms with Crippen LogP contribution in [0.1, 0.15) is 26.6 Å². The summed E-state index contributed by atoms with van der Waals surface area (Å²) in [4.78, 5) is 19.4. The topological polar surface area (TPSA) is 61.4 Å². The molecule has 0 saturated heterocycles. The molecule has 2 aromatic carbocycles. The maximum atomic E-state index is 13.1. The van der Waals surface area contributed by atoms with Crippen molar-refractivity contribution in [2.45, 2.75) is 20.5 Å². The van der Waals surface area contributed by atoms with Gasteiger partial charge in [0.25, 0.3) is 0 Å². The lowest BCUT2D eigenvalue weighted by molar-refractivity contribution is 0.0473. The highest BCUT2D eigenvalue weighted by atomic mass is 32.1. The summed E-state index contributed by atoms with van der Waals surface area (Å²) in [6, 6.07) is 25.8. The highest BCUT2D eigenvalue weighted by molar-refractivity contribution is 7.20. The third kappa shape index (κ3) is 3.80. The molecule has 7 heteroatoms. The third-order valence-electron chi connectivity index (χ3n) is 6.00. The Bertz CT molecular complexity index is 1680. The van der Waals surface area contributed by atoms with Gasteiger partial charge >= 0.3 is 5.97 Å². The second-order valence-corrected chi connectivity index (χ2v) is 9.48. The van der Waals surface area contributed by atoms with Gasteiger partial charge in [-0.25, -0.2) is 14.5 Å². The van der Waals surface area contributed by atoms with Gasteiger partial charge in [0.15, 0.2) is 0 Å². The number of benzene rings is 2. The molecule has 0 aliphatic carbocycles. The second kappa shape index (κ2) is 8.52. The molecule has 6 rings (SSSR count). The van der Waals surface area contributed by atoms with Crippen LogP contribution in [0, 0.1) is 13.8 Å². The van der Waals surface area contributed by atoms with E-state index >= 15 is 0 Å². The first-order valence-electron chi connectivity index (χ1n) is 11.3. The number of rotatable bonds is 5. The summed E-state index contributed by atoms with van der Waals surface area (Å²) in [7, 11) is 0. The Morgan fingerprint density at radius 1 is 0.971 bits per heavy atom. The predicted octanol–water partition coefficient (Wildman–Crippen LogP) is 6.38. The van der Waals surface area contributed by atoms with Crippen molar-refractivity contribution in [3.63, 3.8) is 0 Å². The van der Waals surface area contributed by atoms with Gasteiger partial charge in [-0.2, -0.15) is 5.10 Å². The van der Waals surface area contributed by atoms with Crippen molar-refractivity contribution >= 4 is 33.2 Å². The quantitative estimate of drug-likeness (QED) is 0.270. The van der Waals surface area contributed by atoms with Crippen molar-refractivity contribution in [1.29, 1.82) is 0 Å². The van der Waals surface area contributed by atoms with Gasteiger partial charge in [-0.15, -0.1) is 11.3 Å². The molecular formula is C28H22N4O2S. The summed E-state index contributed by atoms with van der Waals surface area (Å²) in [6.07, 6.45) is 2.02. The standard InChI is InChI=1S/C28H22N4O2S/c1-18-13-14-25-29-26(20-9-5-3-6-10-20)23(31(25)16-18)17-34-28(33)24-15-22-19(2)30-32(27(22)35-24)21-11-7-4-8-12-21/h3-16H,17H2,1-2H3. The average Bonchev–Trinajstić information content (AvgIpc) is 3.56. The van der Waals surface area contributed by atoms with E-state index in [-0.39, 0.29) is 12.6 Å². The summed E-state index contributed by atoms with van der Waals surface area (Å²) >= 11 is 1.40. The Morgan fingerprint density at radius 2 is 1.71 bits per heavy atom. The molecule has 172 valence electrons. The first-order valence-corrected chi connectivity index (χ1v) is 12.1. The van der Waals surface area contributed by atoms with Crippen LogP contribution in [-0.2, 0) is 11.3 Å². The molecule has 0 atom stereocenters. The molecular weight excluding hydrogens is 456 g/mol. The van der Waals surface area contributed by atoms with Crippen LogP contribution in [0.25, 0.3) is 32.8 Å². The summed E-state index contributed by atoms with van der Waals surface area (Å²) in [5, 5.41) is 5.62. The van der Waals surface area contributed by atoms with Gasteiger partial charge in [0.05, 0.1) is 22.8 Å². The molecule has 0 aliphatic heterocycles. The number of fused-ring (bicyclic) bond motifs is 2. The van der Waals surface area contributed by atoms with E-state index in [0.29, 0.717) is 4.88 Å². The third-order valence-corrected chi connectivity index (χ3v) is 7.09. The van der Waals surface area contributed by atoms with Crippen LogP contribution in [0.3, 0.4) is 0 Å². The lowest BCUT2D eigenvalue weighted by atomic mass is 10.1. The second-order valence-electron chi connectivity index (χ2n) is 8.45. The summed E-state index contributed by atoms with van der Waals surface area (Å²) < 4.78 is 9.74. The number of aromatic nitrogens is 4. The van der Waals surface area contributed by atoms with E-state index in [1.54, 1.807) is 0 Å². The number of nitrogens with zero attached hydrogens (tertiary/aromatic N) is 4. The fourth-order valence-electron chi connectivity index (χ4n) is 4.26. The van der Waals surface area contributed by atoms with Crippen molar-refractivity contribution in [3.8, 4) is 16.9 Å². The van der Waals surface area contributed by atoms with Gasteiger partial charge in [0.2, 0.25) is 0 Å². The molecule has 0 saturated carbocycles. The Morgan fingerprint density at radius 3 is 2.49 bits per heavy atom. The SMILES string of the molecule is Cc1ccc2nc(-c3ccccc3)c(COC(=O)c3cc4c(C)nn(-c5ccccc5)c4s3)n2c1. The number of pyridine rings is 1. The van der Waals surface area contributed by atoms with Gasteiger partial charge in [-0.3, -0.25) is 4.40 Å². The number of hydrogen-bond donors (Lipinski definition) is 0. The molecule has 0 bridgehead atoms. The first-order chi connectivity index (χ1) is 17.1. The van der Waals surface area contributed by atoms with Crippen molar-refractivity contribution in [2.24, 2.45) is 0 Å². The Hall–Kier alpha value is -4.23. The number of carbonyl (C=O) groups excluding carboxylic acids is 1. The maximum Gasteiger partial charge on any atom is 0.348 e. The predicted molar refractivity (Wildman–Crippen MR) is 138 cm³/mol. The van der Waals surface area contributed by atoms with Crippen molar-refractivity contribution in [2.75, 3.05) is 0 Å². The van der Waals surface area contributed by atoms with Gasteiger partial charge in [-0.05, 0) is 43.7 Å². The van der Waals surface area contributed by atoms with Crippen LogP contribution in [0.4, 0.5) is 0 Å². The fourth-order valence-corrected chi connectivity index (χ4v) is 5.34. The van der Waals surface area contributed by atoms with E-state index in [9.17, 15) is 4.79 Å². The molecule has 0 radical (unpaired) electrons. The Balaban J connectivity index is 1.34. The highest BCUT2D eigenvalue weighted by Crippen LogP contribution is 2.31. The van der Waals surface area contributed by atoms with Crippen LogP contribution in [0.5, 0.6) is 0 Å². The van der Waals surface area contributed by atoms with E-state index in [1.807, 2.05) is 108 Å². The zero-order valence-corrected chi connectivity index (χ0v) is 20.1. The number of imidazole rings is 1. The van der Waals surface area contributed by atoms with E-state index in [4.69, 9.17) is 9.72 Å². The minimum absolute atomic E-state index is 0.117. The van der Waals surface area contributed by atoms with Crippen molar-refractivity contribution < 1.29 is 9.53 Å². The minimum atomic E-state index is -0.355. The Kier molecular flexibility index (Phi) is 5.19. The normalized spacial score (nSPS) is 11.4. The number of thiophene rings is 1. The lowest BCUT2D eigenvalue weighted by Gasteiger charge is -2.07. The minimum Gasteiger partial charge on any atom is -0.455 e. The summed E-state index contributed by atoms with van der Waals surface area (Å²) in [5.74, 6) is -0.355. The Labute approximate surface area is 206 Å². The van der Waals surface area contributed by atoms with E-state index in [0.717, 1.165) is 49.8 Å². The molecule has 0 fully saturated rings. The first kappa shape index (κ1) is 21.3. The number of para-hydroxylation sites is 1. The summed E-state index contributed by atoms with van der Waals surface area (Å²) in [5.41, 5.74) is 6.41. The van der Waals surface area contributed by atoms with E-state index in [1.165, 1.54) is 11.3 Å². The fraction of sp³-hybridized carbons (Fsp3) is 0.107. The molecule has 4 aromatic heterocycles. The smallest absolute Gasteiger partial charge is 0.348 e. The largest absolute Gasteiger partial charge is 0.455 e. The molecule has 6 aromatic rings. The van der Waals surface area contributed by atoms with Crippen molar-refractivity contribution in [3.05, 3.63) is 107 Å².